The average Bonchev–Trinajstić information content (AvgIpc) is 3.23. The van der Waals surface area contributed by atoms with Gasteiger partial charge in [-0.1, -0.05) is 6.07 Å². The van der Waals surface area contributed by atoms with E-state index >= 15 is 0 Å². The van der Waals surface area contributed by atoms with Crippen LogP contribution in [0.3, 0.4) is 0 Å². The number of aromatic nitrogens is 4. The summed E-state index contributed by atoms with van der Waals surface area (Å²) >= 11 is 1.24. The minimum absolute atomic E-state index is 0.0919. The van der Waals surface area contributed by atoms with Crippen LogP contribution in [0.4, 0.5) is 9.52 Å². The van der Waals surface area contributed by atoms with E-state index in [1.165, 1.54) is 18.4 Å². The van der Waals surface area contributed by atoms with Crippen LogP contribution in [-0.4, -0.2) is 33.0 Å². The number of hydrogen-bond donors (Lipinski definition) is 1. The van der Waals surface area contributed by atoms with Gasteiger partial charge in [0.25, 0.3) is 5.91 Å². The van der Waals surface area contributed by atoms with E-state index in [0.717, 1.165) is 12.3 Å². The molecule has 0 atom stereocenters. The summed E-state index contributed by atoms with van der Waals surface area (Å²) in [6, 6.07) is 9.94. The van der Waals surface area contributed by atoms with E-state index < -0.39 is 11.7 Å². The van der Waals surface area contributed by atoms with Crippen molar-refractivity contribution in [3.8, 4) is 28.5 Å². The molecule has 9 heteroatoms. The topological polar surface area (TPSA) is 89.9 Å². The lowest BCUT2D eigenvalue weighted by atomic mass is 10.1. The molecule has 4 aromatic heterocycles. The SMILES string of the molecule is COc1cccc(-c2csc(NC(=O)c3cc(F)cnc3-c3cccnc3)n2)n1. The highest BCUT2D eigenvalue weighted by molar-refractivity contribution is 7.14. The molecule has 4 aromatic rings. The fraction of sp³-hybridized carbons (Fsp3) is 0.0500. The van der Waals surface area contributed by atoms with E-state index in [4.69, 9.17) is 4.74 Å². The standard InChI is InChI=1S/C20H14FN5O2S/c1-28-17-6-2-5-15(24-17)16-11-29-20(25-16)26-19(27)14-8-13(21)10-23-18(14)12-4-3-7-22-9-12/h2-11H,1H3,(H,25,26,27). The Hall–Kier alpha value is -3.72. The minimum atomic E-state index is -0.608. The fourth-order valence-corrected chi connectivity index (χ4v) is 3.33. The Bertz CT molecular complexity index is 1170. The predicted molar refractivity (Wildman–Crippen MR) is 107 cm³/mol. The second-order valence-electron chi connectivity index (χ2n) is 5.85. The van der Waals surface area contributed by atoms with E-state index in [0.29, 0.717) is 33.7 Å². The van der Waals surface area contributed by atoms with Gasteiger partial charge in [0.05, 0.1) is 30.3 Å². The van der Waals surface area contributed by atoms with Gasteiger partial charge in [-0.3, -0.25) is 20.1 Å². The van der Waals surface area contributed by atoms with Gasteiger partial charge in [-0.2, -0.15) is 0 Å². The van der Waals surface area contributed by atoms with Crippen LogP contribution in [0.1, 0.15) is 10.4 Å². The van der Waals surface area contributed by atoms with Crippen molar-refractivity contribution in [1.82, 2.24) is 19.9 Å². The zero-order valence-corrected chi connectivity index (χ0v) is 16.0. The van der Waals surface area contributed by atoms with Gasteiger partial charge in [-0.15, -0.1) is 11.3 Å². The summed E-state index contributed by atoms with van der Waals surface area (Å²) in [5.41, 5.74) is 2.24. The summed E-state index contributed by atoms with van der Waals surface area (Å²) in [6.07, 6.45) is 4.23. The van der Waals surface area contributed by atoms with Gasteiger partial charge in [0.1, 0.15) is 11.5 Å². The summed E-state index contributed by atoms with van der Waals surface area (Å²) in [5.74, 6) is -0.661. The van der Waals surface area contributed by atoms with Crippen molar-refractivity contribution in [2.24, 2.45) is 0 Å². The smallest absolute Gasteiger partial charge is 0.259 e. The third-order valence-electron chi connectivity index (χ3n) is 3.95. The zero-order valence-electron chi connectivity index (χ0n) is 15.2. The lowest BCUT2D eigenvalue weighted by Crippen LogP contribution is -2.14. The molecule has 0 aromatic carbocycles. The molecule has 0 bridgehead atoms. The Morgan fingerprint density at radius 2 is 2.03 bits per heavy atom. The molecule has 1 amide bonds. The number of halogens is 1. The molecular formula is C20H14FN5O2S. The molecule has 4 heterocycles. The molecule has 0 aliphatic carbocycles. The molecule has 7 nitrogen and oxygen atoms in total. The number of anilines is 1. The van der Waals surface area contributed by atoms with Crippen LogP contribution in [0, 0.1) is 5.82 Å². The number of hydrogen-bond acceptors (Lipinski definition) is 7. The summed E-state index contributed by atoms with van der Waals surface area (Å²) in [5, 5.41) is 4.82. The van der Waals surface area contributed by atoms with E-state index in [1.807, 2.05) is 0 Å². The highest BCUT2D eigenvalue weighted by Crippen LogP contribution is 2.27. The number of rotatable bonds is 5. The van der Waals surface area contributed by atoms with Crippen molar-refractivity contribution in [3.05, 3.63) is 71.7 Å². The van der Waals surface area contributed by atoms with E-state index in [-0.39, 0.29) is 5.56 Å². The van der Waals surface area contributed by atoms with Gasteiger partial charge < -0.3 is 4.74 Å². The normalized spacial score (nSPS) is 10.6. The van der Waals surface area contributed by atoms with Crippen LogP contribution in [0.2, 0.25) is 0 Å². The number of nitrogens with one attached hydrogen (secondary N) is 1. The van der Waals surface area contributed by atoms with Crippen LogP contribution in [0.5, 0.6) is 5.88 Å². The molecule has 0 spiro atoms. The Balaban J connectivity index is 1.61. The van der Waals surface area contributed by atoms with E-state index in [2.05, 4.69) is 25.3 Å². The van der Waals surface area contributed by atoms with Gasteiger partial charge in [-0.25, -0.2) is 14.4 Å². The number of pyridine rings is 3. The van der Waals surface area contributed by atoms with Crippen molar-refractivity contribution in [2.75, 3.05) is 12.4 Å². The fourth-order valence-electron chi connectivity index (χ4n) is 2.63. The van der Waals surface area contributed by atoms with Crippen LogP contribution >= 0.6 is 11.3 Å². The molecule has 4 rings (SSSR count). The van der Waals surface area contributed by atoms with Gasteiger partial charge in [0, 0.05) is 29.4 Å². The van der Waals surface area contributed by atoms with Crippen LogP contribution in [-0.2, 0) is 0 Å². The summed E-state index contributed by atoms with van der Waals surface area (Å²) < 4.78 is 18.9. The number of thiazole rings is 1. The first-order valence-electron chi connectivity index (χ1n) is 8.48. The first kappa shape index (κ1) is 18.6. The molecular weight excluding hydrogens is 393 g/mol. The second kappa shape index (κ2) is 8.11. The maximum absolute atomic E-state index is 13.8. The van der Waals surface area contributed by atoms with Crippen LogP contribution < -0.4 is 10.1 Å². The largest absolute Gasteiger partial charge is 0.481 e. The lowest BCUT2D eigenvalue weighted by Gasteiger charge is -2.08. The first-order chi connectivity index (χ1) is 14.1. The molecule has 0 radical (unpaired) electrons. The number of methoxy groups -OCH3 is 1. The third kappa shape index (κ3) is 4.09. The number of carbonyl (C=O) groups is 1. The third-order valence-corrected chi connectivity index (χ3v) is 4.71. The molecule has 0 aliphatic rings. The van der Waals surface area contributed by atoms with Gasteiger partial charge in [0.2, 0.25) is 5.88 Å². The lowest BCUT2D eigenvalue weighted by molar-refractivity contribution is 0.102. The summed E-state index contributed by atoms with van der Waals surface area (Å²) in [4.78, 5) is 29.6. The monoisotopic (exact) mass is 407 g/mol. The van der Waals surface area contributed by atoms with Gasteiger partial charge >= 0.3 is 0 Å². The Kier molecular flexibility index (Phi) is 5.21. The average molecular weight is 407 g/mol. The maximum Gasteiger partial charge on any atom is 0.259 e. The zero-order chi connectivity index (χ0) is 20.2. The maximum atomic E-state index is 13.8. The highest BCUT2D eigenvalue weighted by atomic mass is 32.1. The number of nitrogens with zero attached hydrogens (tertiary/aromatic N) is 4. The Morgan fingerprint density at radius 3 is 2.83 bits per heavy atom. The van der Waals surface area contributed by atoms with Crippen LogP contribution in [0.25, 0.3) is 22.6 Å². The highest BCUT2D eigenvalue weighted by Gasteiger charge is 2.18. The first-order valence-corrected chi connectivity index (χ1v) is 9.36. The van der Waals surface area contributed by atoms with Crippen LogP contribution in [0.15, 0.2) is 60.4 Å². The number of carbonyl (C=O) groups excluding carboxylic acids is 1. The van der Waals surface area contributed by atoms with Crippen molar-refractivity contribution < 1.29 is 13.9 Å². The molecule has 0 aliphatic heterocycles. The Morgan fingerprint density at radius 1 is 1.14 bits per heavy atom. The van der Waals surface area contributed by atoms with Crippen molar-refractivity contribution in [2.45, 2.75) is 0 Å². The molecule has 1 N–H and O–H groups in total. The van der Waals surface area contributed by atoms with E-state index in [1.54, 1.807) is 48.1 Å². The molecule has 144 valence electrons. The molecule has 0 saturated heterocycles. The van der Waals surface area contributed by atoms with Crippen molar-refractivity contribution in [1.29, 1.82) is 0 Å². The quantitative estimate of drug-likeness (QED) is 0.537. The number of amides is 1. The predicted octanol–water partition coefficient (Wildman–Crippen LogP) is 4.06. The molecule has 29 heavy (non-hydrogen) atoms. The molecule has 0 unspecified atom stereocenters. The minimum Gasteiger partial charge on any atom is -0.481 e. The molecule has 0 saturated carbocycles. The second-order valence-corrected chi connectivity index (χ2v) is 6.71. The Labute approximate surface area is 169 Å². The van der Waals surface area contributed by atoms with Gasteiger partial charge in [-0.05, 0) is 24.3 Å². The molecule has 0 fully saturated rings. The van der Waals surface area contributed by atoms with Crippen molar-refractivity contribution >= 4 is 22.4 Å². The van der Waals surface area contributed by atoms with Gasteiger partial charge in [0.15, 0.2) is 5.13 Å². The van der Waals surface area contributed by atoms with Crippen molar-refractivity contribution in [3.63, 3.8) is 0 Å². The summed E-state index contributed by atoms with van der Waals surface area (Å²) in [7, 11) is 1.53. The number of ether oxygens (including phenoxy) is 1. The summed E-state index contributed by atoms with van der Waals surface area (Å²) in [6.45, 7) is 0. The van der Waals surface area contributed by atoms with E-state index in [9.17, 15) is 9.18 Å².